The zero-order valence-electron chi connectivity index (χ0n) is 14.5. The molecule has 1 N–H and O–H groups in total. The van der Waals surface area contributed by atoms with Crippen molar-refractivity contribution in [3.8, 4) is 0 Å². The molecule has 0 aliphatic heterocycles. The normalized spacial score (nSPS) is 10.9. The summed E-state index contributed by atoms with van der Waals surface area (Å²) in [7, 11) is 1.57. The summed E-state index contributed by atoms with van der Waals surface area (Å²) >= 11 is 6.97. The number of para-hydroxylation sites is 1. The number of nitrogens with one attached hydrogen (secondary N) is 1. The number of thioether (sulfide) groups is 1. The van der Waals surface area contributed by atoms with Crippen LogP contribution in [0.1, 0.15) is 0 Å². The second-order valence-electron chi connectivity index (χ2n) is 5.56. The maximum atomic E-state index is 12.8. The molecule has 0 unspecified atom stereocenters. The standard InChI is InChI=1S/C18H17ClN4O3S/c1-26-9-8-23-17(25)13-4-2-3-5-14(13)21-18(23)27-11-16(24)22-15-7-6-12(19)10-20-15/h2-7,10H,8-9,11H2,1H3,(H,20,22,24). The Hall–Kier alpha value is -2.42. The highest BCUT2D eigenvalue weighted by molar-refractivity contribution is 7.99. The SMILES string of the molecule is COCCn1c(SCC(=O)Nc2ccc(Cl)cn2)nc2ccccc2c1=O. The van der Waals surface area contributed by atoms with Crippen LogP contribution >= 0.6 is 23.4 Å². The minimum atomic E-state index is -0.254. The van der Waals surface area contributed by atoms with Crippen LogP contribution in [0.4, 0.5) is 5.82 Å². The second-order valence-corrected chi connectivity index (χ2v) is 6.94. The molecular weight excluding hydrogens is 388 g/mol. The number of ether oxygens (including phenoxy) is 1. The predicted molar refractivity (Wildman–Crippen MR) is 106 cm³/mol. The lowest BCUT2D eigenvalue weighted by Crippen LogP contribution is -2.26. The van der Waals surface area contributed by atoms with Crippen molar-refractivity contribution < 1.29 is 9.53 Å². The minimum absolute atomic E-state index is 0.0854. The van der Waals surface area contributed by atoms with Crippen LogP contribution in [0.25, 0.3) is 10.9 Å². The van der Waals surface area contributed by atoms with E-state index >= 15 is 0 Å². The summed E-state index contributed by atoms with van der Waals surface area (Å²) in [6, 6.07) is 10.4. The number of halogens is 1. The van der Waals surface area contributed by atoms with Gasteiger partial charge in [-0.3, -0.25) is 14.2 Å². The van der Waals surface area contributed by atoms with Crippen LogP contribution in [-0.4, -0.2) is 39.9 Å². The molecule has 1 aromatic carbocycles. The lowest BCUT2D eigenvalue weighted by atomic mass is 10.2. The average molecular weight is 405 g/mol. The van der Waals surface area contributed by atoms with E-state index in [2.05, 4.69) is 15.3 Å². The Morgan fingerprint density at radius 3 is 2.85 bits per heavy atom. The molecule has 3 aromatic rings. The van der Waals surface area contributed by atoms with E-state index in [1.165, 1.54) is 22.5 Å². The summed E-state index contributed by atoms with van der Waals surface area (Å²) in [4.78, 5) is 33.5. The average Bonchev–Trinajstić information content (AvgIpc) is 2.68. The number of pyridine rings is 1. The van der Waals surface area contributed by atoms with Gasteiger partial charge in [-0.25, -0.2) is 9.97 Å². The largest absolute Gasteiger partial charge is 0.383 e. The number of fused-ring (bicyclic) bond motifs is 1. The third kappa shape index (κ3) is 4.85. The first-order valence-electron chi connectivity index (χ1n) is 8.11. The number of methoxy groups -OCH3 is 1. The number of rotatable bonds is 7. The van der Waals surface area contributed by atoms with E-state index in [0.717, 1.165) is 0 Å². The molecule has 2 aromatic heterocycles. The summed E-state index contributed by atoms with van der Waals surface area (Å²) < 4.78 is 6.62. The number of benzene rings is 1. The first kappa shape index (κ1) is 19.3. The van der Waals surface area contributed by atoms with Gasteiger partial charge in [0.25, 0.3) is 5.56 Å². The molecule has 0 radical (unpaired) electrons. The molecule has 140 valence electrons. The molecule has 2 heterocycles. The molecule has 9 heteroatoms. The smallest absolute Gasteiger partial charge is 0.262 e. The molecule has 0 aliphatic carbocycles. The maximum absolute atomic E-state index is 12.8. The zero-order valence-corrected chi connectivity index (χ0v) is 16.1. The lowest BCUT2D eigenvalue weighted by molar-refractivity contribution is -0.113. The van der Waals surface area contributed by atoms with Crippen LogP contribution in [0, 0.1) is 0 Å². The third-order valence-corrected chi connectivity index (χ3v) is 4.87. The molecular formula is C18H17ClN4O3S. The Bertz CT molecular complexity index is 1010. The molecule has 0 aliphatic rings. The summed E-state index contributed by atoms with van der Waals surface area (Å²) in [5.74, 6) is 0.242. The number of carbonyl (C=O) groups is 1. The minimum Gasteiger partial charge on any atom is -0.383 e. The van der Waals surface area contributed by atoms with E-state index in [1.807, 2.05) is 6.07 Å². The Kier molecular flexibility index (Phi) is 6.44. The van der Waals surface area contributed by atoms with E-state index in [1.54, 1.807) is 37.4 Å². The number of carbonyl (C=O) groups excluding carboxylic acids is 1. The monoisotopic (exact) mass is 404 g/mol. The van der Waals surface area contributed by atoms with Crippen LogP contribution < -0.4 is 10.9 Å². The van der Waals surface area contributed by atoms with E-state index in [9.17, 15) is 9.59 Å². The van der Waals surface area contributed by atoms with Gasteiger partial charge < -0.3 is 10.1 Å². The van der Waals surface area contributed by atoms with Gasteiger partial charge in [0.2, 0.25) is 5.91 Å². The van der Waals surface area contributed by atoms with Gasteiger partial charge in [0.05, 0.1) is 34.8 Å². The quantitative estimate of drug-likeness (QED) is 0.481. The Balaban J connectivity index is 1.79. The molecule has 0 atom stereocenters. The van der Waals surface area contributed by atoms with E-state index in [0.29, 0.717) is 40.1 Å². The van der Waals surface area contributed by atoms with Gasteiger partial charge >= 0.3 is 0 Å². The summed E-state index contributed by atoms with van der Waals surface area (Å²) in [5.41, 5.74) is 0.443. The van der Waals surface area contributed by atoms with Crippen molar-refractivity contribution in [3.05, 3.63) is 58.0 Å². The number of hydrogen-bond donors (Lipinski definition) is 1. The van der Waals surface area contributed by atoms with Gasteiger partial charge in [-0.1, -0.05) is 35.5 Å². The van der Waals surface area contributed by atoms with Crippen molar-refractivity contribution in [1.29, 1.82) is 0 Å². The van der Waals surface area contributed by atoms with Gasteiger partial charge in [-0.2, -0.15) is 0 Å². The topological polar surface area (TPSA) is 86.1 Å². The van der Waals surface area contributed by atoms with Crippen molar-refractivity contribution >= 4 is 46.0 Å². The highest BCUT2D eigenvalue weighted by Crippen LogP contribution is 2.18. The molecule has 1 amide bonds. The zero-order chi connectivity index (χ0) is 19.2. The van der Waals surface area contributed by atoms with Crippen molar-refractivity contribution in [3.63, 3.8) is 0 Å². The molecule has 0 spiro atoms. The fourth-order valence-electron chi connectivity index (χ4n) is 2.40. The van der Waals surface area contributed by atoms with Crippen molar-refractivity contribution in [2.24, 2.45) is 0 Å². The maximum Gasteiger partial charge on any atom is 0.262 e. The Morgan fingerprint density at radius 2 is 2.11 bits per heavy atom. The Morgan fingerprint density at radius 1 is 1.30 bits per heavy atom. The number of aromatic nitrogens is 3. The molecule has 0 saturated heterocycles. The molecule has 0 saturated carbocycles. The summed E-state index contributed by atoms with van der Waals surface area (Å²) in [6.45, 7) is 0.726. The van der Waals surface area contributed by atoms with Gasteiger partial charge in [0.15, 0.2) is 5.16 Å². The van der Waals surface area contributed by atoms with Crippen LogP contribution in [0.2, 0.25) is 5.02 Å². The highest BCUT2D eigenvalue weighted by Gasteiger charge is 2.13. The first-order chi connectivity index (χ1) is 13.1. The van der Waals surface area contributed by atoms with Crippen molar-refractivity contribution in [2.45, 2.75) is 11.7 Å². The van der Waals surface area contributed by atoms with Crippen LogP contribution in [0.3, 0.4) is 0 Å². The number of hydrogen-bond acceptors (Lipinski definition) is 6. The van der Waals surface area contributed by atoms with E-state index < -0.39 is 0 Å². The van der Waals surface area contributed by atoms with Gasteiger partial charge in [-0.15, -0.1) is 0 Å². The van der Waals surface area contributed by atoms with E-state index in [-0.39, 0.29) is 17.2 Å². The van der Waals surface area contributed by atoms with E-state index in [4.69, 9.17) is 16.3 Å². The third-order valence-electron chi connectivity index (χ3n) is 3.67. The van der Waals surface area contributed by atoms with Crippen LogP contribution in [0.15, 0.2) is 52.5 Å². The lowest BCUT2D eigenvalue weighted by Gasteiger charge is -2.12. The van der Waals surface area contributed by atoms with Gasteiger partial charge in [-0.05, 0) is 24.3 Å². The molecule has 27 heavy (non-hydrogen) atoms. The first-order valence-corrected chi connectivity index (χ1v) is 9.47. The molecule has 7 nitrogen and oxygen atoms in total. The second kappa shape index (κ2) is 8.98. The summed E-state index contributed by atoms with van der Waals surface area (Å²) in [5, 5.41) is 4.18. The number of amides is 1. The molecule has 0 bridgehead atoms. The van der Waals surface area contributed by atoms with Crippen LogP contribution in [0.5, 0.6) is 0 Å². The number of nitrogens with zero attached hydrogens (tertiary/aromatic N) is 3. The van der Waals surface area contributed by atoms with Crippen LogP contribution in [-0.2, 0) is 16.1 Å². The van der Waals surface area contributed by atoms with Gasteiger partial charge in [0.1, 0.15) is 5.82 Å². The fourth-order valence-corrected chi connectivity index (χ4v) is 3.33. The highest BCUT2D eigenvalue weighted by atomic mass is 35.5. The summed E-state index contributed by atoms with van der Waals surface area (Å²) in [6.07, 6.45) is 1.46. The van der Waals surface area contributed by atoms with Gasteiger partial charge in [0, 0.05) is 13.3 Å². The van der Waals surface area contributed by atoms with Crippen molar-refractivity contribution in [2.75, 3.05) is 24.8 Å². The molecule has 3 rings (SSSR count). The predicted octanol–water partition coefficient (Wildman–Crippen LogP) is 2.82. The number of anilines is 1. The Labute approximate surface area is 164 Å². The van der Waals surface area contributed by atoms with Crippen molar-refractivity contribution in [1.82, 2.24) is 14.5 Å². The fraction of sp³-hybridized carbons (Fsp3) is 0.222. The molecule has 0 fully saturated rings.